The molecule has 0 aliphatic heterocycles. The number of anilines is 1. The van der Waals surface area contributed by atoms with Crippen LogP contribution in [0.3, 0.4) is 0 Å². The van der Waals surface area contributed by atoms with Gasteiger partial charge in [-0.05, 0) is 31.7 Å². The second-order valence-electron chi connectivity index (χ2n) is 4.03. The van der Waals surface area contributed by atoms with Crippen LogP contribution < -0.4 is 5.32 Å². The average Bonchev–Trinajstić information content (AvgIpc) is 2.37. The van der Waals surface area contributed by atoms with Crippen LogP contribution in [-0.2, 0) is 6.18 Å². The van der Waals surface area contributed by atoms with Gasteiger partial charge in [-0.3, -0.25) is 0 Å². The summed E-state index contributed by atoms with van der Waals surface area (Å²) in [6.07, 6.45) is -3.06. The molecule has 2 aromatic rings. The maximum atomic E-state index is 12.8. The zero-order chi connectivity index (χ0) is 15.5. The van der Waals surface area contributed by atoms with Crippen LogP contribution >= 0.6 is 11.8 Å². The Kier molecular flexibility index (Phi) is 4.61. The predicted octanol–water partition coefficient (Wildman–Crippen LogP) is 3.18. The number of hydrogen-bond acceptors (Lipinski definition) is 6. The van der Waals surface area contributed by atoms with Crippen LogP contribution in [0.25, 0.3) is 0 Å². The number of nitrogens with one attached hydrogen (secondary N) is 1. The molecule has 9 heteroatoms. The Bertz CT molecular complexity index is 633. The number of rotatable bonds is 4. The highest BCUT2D eigenvalue weighted by molar-refractivity contribution is 7.99. The molecule has 0 unspecified atom stereocenters. The van der Waals surface area contributed by atoms with Gasteiger partial charge in [-0.2, -0.15) is 13.2 Å². The maximum absolute atomic E-state index is 12.8. The molecule has 21 heavy (non-hydrogen) atoms. The zero-order valence-corrected chi connectivity index (χ0v) is 12.1. The van der Waals surface area contributed by atoms with E-state index in [1.54, 1.807) is 26.1 Å². The minimum Gasteiger partial charge on any atom is -0.370 e. The van der Waals surface area contributed by atoms with Crippen molar-refractivity contribution in [2.45, 2.75) is 30.2 Å². The van der Waals surface area contributed by atoms with Gasteiger partial charge in [0, 0.05) is 24.5 Å². The molecule has 0 bridgehead atoms. The second-order valence-corrected chi connectivity index (χ2v) is 5.01. The van der Waals surface area contributed by atoms with Crippen LogP contribution in [0.5, 0.6) is 0 Å². The Morgan fingerprint density at radius 1 is 1.24 bits per heavy atom. The highest BCUT2D eigenvalue weighted by Gasteiger charge is 2.35. The lowest BCUT2D eigenvalue weighted by atomic mass is 10.5. The van der Waals surface area contributed by atoms with Gasteiger partial charge in [0.15, 0.2) is 5.16 Å². The summed E-state index contributed by atoms with van der Waals surface area (Å²) in [7, 11) is 0. The fourth-order valence-electron chi connectivity index (χ4n) is 1.44. The third-order valence-electron chi connectivity index (χ3n) is 2.28. The van der Waals surface area contributed by atoms with Crippen molar-refractivity contribution in [2.24, 2.45) is 0 Å². The number of alkyl halides is 3. The molecule has 0 aliphatic carbocycles. The Morgan fingerprint density at radius 2 is 2.00 bits per heavy atom. The predicted molar refractivity (Wildman–Crippen MR) is 72.1 cm³/mol. The highest BCUT2D eigenvalue weighted by atomic mass is 32.2. The first kappa shape index (κ1) is 15.5. The van der Waals surface area contributed by atoms with Crippen LogP contribution in [0.2, 0.25) is 0 Å². The van der Waals surface area contributed by atoms with Gasteiger partial charge in [0.05, 0.1) is 0 Å². The van der Waals surface area contributed by atoms with E-state index in [1.807, 2.05) is 0 Å². The molecule has 112 valence electrons. The molecule has 0 saturated carbocycles. The Labute approximate surface area is 123 Å². The van der Waals surface area contributed by atoms with Crippen LogP contribution in [0, 0.1) is 6.92 Å². The first-order chi connectivity index (χ1) is 9.88. The van der Waals surface area contributed by atoms with Crippen molar-refractivity contribution in [1.82, 2.24) is 19.9 Å². The van der Waals surface area contributed by atoms with Crippen LogP contribution in [0.15, 0.2) is 28.5 Å². The molecule has 0 spiro atoms. The smallest absolute Gasteiger partial charge is 0.370 e. The normalized spacial score (nSPS) is 11.5. The van der Waals surface area contributed by atoms with Gasteiger partial charge in [-0.1, -0.05) is 0 Å². The van der Waals surface area contributed by atoms with Crippen molar-refractivity contribution in [1.29, 1.82) is 0 Å². The van der Waals surface area contributed by atoms with E-state index in [2.05, 4.69) is 25.3 Å². The third kappa shape index (κ3) is 4.28. The van der Waals surface area contributed by atoms with Gasteiger partial charge < -0.3 is 5.32 Å². The third-order valence-corrected chi connectivity index (χ3v) is 3.08. The van der Waals surface area contributed by atoms with Crippen LogP contribution in [-0.4, -0.2) is 26.5 Å². The van der Waals surface area contributed by atoms with Crippen LogP contribution in [0.1, 0.15) is 18.4 Å². The number of aryl methyl sites for hydroxylation is 1. The molecular formula is C12H12F3N5S. The van der Waals surface area contributed by atoms with Crippen molar-refractivity contribution in [2.75, 3.05) is 11.9 Å². The summed E-state index contributed by atoms with van der Waals surface area (Å²) in [6.45, 7) is 4.00. The van der Waals surface area contributed by atoms with Crippen molar-refractivity contribution in [3.05, 3.63) is 29.8 Å². The van der Waals surface area contributed by atoms with E-state index >= 15 is 0 Å². The van der Waals surface area contributed by atoms with E-state index in [1.165, 1.54) is 6.07 Å². The van der Waals surface area contributed by atoms with E-state index in [0.29, 0.717) is 11.7 Å². The molecule has 0 radical (unpaired) electrons. The summed E-state index contributed by atoms with van der Waals surface area (Å²) >= 11 is 0.959. The van der Waals surface area contributed by atoms with E-state index in [9.17, 15) is 13.2 Å². The first-order valence-electron chi connectivity index (χ1n) is 6.06. The van der Waals surface area contributed by atoms with Crippen molar-refractivity contribution in [3.63, 3.8) is 0 Å². The fraction of sp³-hybridized carbons (Fsp3) is 0.333. The Balaban J connectivity index is 2.35. The first-order valence-corrected chi connectivity index (χ1v) is 6.88. The lowest BCUT2D eigenvalue weighted by Gasteiger charge is -2.10. The van der Waals surface area contributed by atoms with Gasteiger partial charge in [0.1, 0.15) is 10.8 Å². The SMILES string of the molecule is CCNc1cc(Sc2nccc(C)n2)nc(C(F)(F)F)n1. The second kappa shape index (κ2) is 6.25. The van der Waals surface area contributed by atoms with Crippen LogP contribution in [0.4, 0.5) is 19.0 Å². The summed E-state index contributed by atoms with van der Waals surface area (Å²) in [5.41, 5.74) is 0.726. The Morgan fingerprint density at radius 3 is 2.62 bits per heavy atom. The van der Waals surface area contributed by atoms with E-state index in [-0.39, 0.29) is 10.8 Å². The summed E-state index contributed by atoms with van der Waals surface area (Å²) in [4.78, 5) is 15.1. The number of halogens is 3. The quantitative estimate of drug-likeness (QED) is 0.690. The molecule has 0 aromatic carbocycles. The molecule has 1 N–H and O–H groups in total. The Hall–Kier alpha value is -1.90. The molecule has 2 heterocycles. The largest absolute Gasteiger partial charge is 0.451 e. The highest BCUT2D eigenvalue weighted by Crippen LogP contribution is 2.31. The monoisotopic (exact) mass is 315 g/mol. The van der Waals surface area contributed by atoms with Crippen molar-refractivity contribution < 1.29 is 13.2 Å². The standard InChI is InChI=1S/C12H12F3N5S/c1-3-16-8-6-9(20-10(19-8)12(13,14)15)21-11-17-5-4-7(2)18-11/h4-6H,3H2,1-2H3,(H,16,19,20). The maximum Gasteiger partial charge on any atom is 0.451 e. The molecular weight excluding hydrogens is 303 g/mol. The summed E-state index contributed by atoms with van der Waals surface area (Å²) in [5.74, 6) is -1.06. The topological polar surface area (TPSA) is 63.6 Å². The van der Waals surface area contributed by atoms with E-state index < -0.39 is 12.0 Å². The van der Waals surface area contributed by atoms with Crippen molar-refractivity contribution >= 4 is 17.6 Å². The van der Waals surface area contributed by atoms with Gasteiger partial charge >= 0.3 is 6.18 Å². The lowest BCUT2D eigenvalue weighted by Crippen LogP contribution is -2.13. The van der Waals surface area contributed by atoms with E-state index in [4.69, 9.17) is 0 Å². The van der Waals surface area contributed by atoms with Gasteiger partial charge in [0.2, 0.25) is 5.82 Å². The molecule has 0 fully saturated rings. The number of nitrogens with zero attached hydrogens (tertiary/aromatic N) is 4. The molecule has 5 nitrogen and oxygen atoms in total. The fourth-order valence-corrected chi connectivity index (χ4v) is 2.24. The van der Waals surface area contributed by atoms with Gasteiger partial charge in [0.25, 0.3) is 0 Å². The molecule has 0 amide bonds. The van der Waals surface area contributed by atoms with Gasteiger partial charge in [-0.25, -0.2) is 19.9 Å². The summed E-state index contributed by atoms with van der Waals surface area (Å²) in [6, 6.07) is 3.14. The number of hydrogen-bond donors (Lipinski definition) is 1. The minimum atomic E-state index is -4.60. The van der Waals surface area contributed by atoms with Crippen molar-refractivity contribution in [3.8, 4) is 0 Å². The van der Waals surface area contributed by atoms with Gasteiger partial charge in [-0.15, -0.1) is 0 Å². The number of aromatic nitrogens is 4. The summed E-state index contributed by atoms with van der Waals surface area (Å²) in [5, 5.41) is 3.23. The zero-order valence-electron chi connectivity index (χ0n) is 11.3. The lowest BCUT2D eigenvalue weighted by molar-refractivity contribution is -0.145. The molecule has 0 atom stereocenters. The average molecular weight is 315 g/mol. The molecule has 2 aromatic heterocycles. The van der Waals surface area contributed by atoms with E-state index in [0.717, 1.165) is 17.5 Å². The molecule has 0 aliphatic rings. The molecule has 2 rings (SSSR count). The summed E-state index contributed by atoms with van der Waals surface area (Å²) < 4.78 is 38.4. The minimum absolute atomic E-state index is 0.120. The molecule has 0 saturated heterocycles.